The number of nitrogens with zero attached hydrogens (tertiary/aromatic N) is 2. The lowest BCUT2D eigenvalue weighted by Crippen LogP contribution is -2.42. The smallest absolute Gasteiger partial charge is 0.131 e. The van der Waals surface area contributed by atoms with E-state index in [-0.39, 0.29) is 6.61 Å². The summed E-state index contributed by atoms with van der Waals surface area (Å²) in [6, 6.07) is 3.54. The van der Waals surface area contributed by atoms with Gasteiger partial charge in [0.1, 0.15) is 5.82 Å². The fourth-order valence-electron chi connectivity index (χ4n) is 2.84. The Balaban J connectivity index is 1.70. The number of aliphatic hydroxyl groups is 1. The predicted molar refractivity (Wildman–Crippen MR) is 80.9 cm³/mol. The van der Waals surface area contributed by atoms with Gasteiger partial charge >= 0.3 is 0 Å². The Morgan fingerprint density at radius 3 is 2.70 bits per heavy atom. The molecule has 4 nitrogen and oxygen atoms in total. The minimum Gasteiger partial charge on any atom is -0.395 e. The summed E-state index contributed by atoms with van der Waals surface area (Å²) in [7, 11) is 0. The molecule has 1 aromatic rings. The highest BCUT2D eigenvalue weighted by atomic mass is 16.3. The molecule has 0 atom stereocenters. The Morgan fingerprint density at radius 1 is 1.35 bits per heavy atom. The quantitative estimate of drug-likeness (QED) is 0.799. The van der Waals surface area contributed by atoms with Crippen molar-refractivity contribution in [3.63, 3.8) is 0 Å². The van der Waals surface area contributed by atoms with Gasteiger partial charge in [-0.3, -0.25) is 0 Å². The van der Waals surface area contributed by atoms with Crippen LogP contribution in [0.3, 0.4) is 0 Å². The van der Waals surface area contributed by atoms with Gasteiger partial charge in [0.25, 0.3) is 0 Å². The number of pyridine rings is 1. The maximum absolute atomic E-state index is 9.28. The highest BCUT2D eigenvalue weighted by Gasteiger charge is 2.26. The Hall–Kier alpha value is -1.13. The second-order valence-electron chi connectivity index (χ2n) is 6.14. The van der Waals surface area contributed by atoms with Crippen molar-refractivity contribution in [1.82, 2.24) is 10.3 Å². The normalized spacial score (nSPS) is 18.9. The average molecular weight is 275 g/mol. The third-order valence-electron chi connectivity index (χ3n) is 4.41. The van der Waals surface area contributed by atoms with E-state index in [9.17, 15) is 5.11 Å². The average Bonchev–Trinajstić information content (AvgIpc) is 3.18. The van der Waals surface area contributed by atoms with E-state index in [1.807, 2.05) is 6.20 Å². The fraction of sp³-hybridized carbons (Fsp3) is 0.688. The third-order valence-corrected chi connectivity index (χ3v) is 4.41. The van der Waals surface area contributed by atoms with E-state index >= 15 is 0 Å². The van der Waals surface area contributed by atoms with Crippen LogP contribution in [0.25, 0.3) is 0 Å². The summed E-state index contributed by atoms with van der Waals surface area (Å²) in [5.41, 5.74) is 2.48. The topological polar surface area (TPSA) is 48.4 Å². The predicted octanol–water partition coefficient (Wildman–Crippen LogP) is 1.99. The Kier molecular flexibility index (Phi) is 4.22. The minimum atomic E-state index is 0.197. The van der Waals surface area contributed by atoms with Gasteiger partial charge in [0.05, 0.1) is 6.61 Å². The number of rotatable bonds is 7. The lowest BCUT2D eigenvalue weighted by atomic mass is 9.91. The maximum atomic E-state index is 9.28. The molecular weight excluding hydrogens is 250 g/mol. The minimum absolute atomic E-state index is 0.197. The molecule has 0 aliphatic heterocycles. The molecule has 1 aromatic heterocycles. The summed E-state index contributed by atoms with van der Waals surface area (Å²) in [5.74, 6) is 1.05. The van der Waals surface area contributed by atoms with Crippen molar-refractivity contribution in [2.45, 2.75) is 57.7 Å². The zero-order chi connectivity index (χ0) is 13.9. The van der Waals surface area contributed by atoms with Crippen LogP contribution >= 0.6 is 0 Å². The third kappa shape index (κ3) is 3.13. The molecule has 2 saturated carbocycles. The van der Waals surface area contributed by atoms with Gasteiger partial charge in [0.15, 0.2) is 0 Å². The second kappa shape index (κ2) is 6.10. The number of hydrogen-bond acceptors (Lipinski definition) is 4. The Morgan fingerprint density at radius 2 is 2.15 bits per heavy atom. The van der Waals surface area contributed by atoms with E-state index in [1.165, 1.54) is 43.2 Å². The fourth-order valence-corrected chi connectivity index (χ4v) is 2.84. The van der Waals surface area contributed by atoms with Gasteiger partial charge < -0.3 is 15.3 Å². The maximum Gasteiger partial charge on any atom is 0.131 e. The van der Waals surface area contributed by atoms with Crippen molar-refractivity contribution in [3.05, 3.63) is 23.4 Å². The number of anilines is 1. The van der Waals surface area contributed by atoms with Gasteiger partial charge in [-0.25, -0.2) is 4.98 Å². The van der Waals surface area contributed by atoms with Crippen LogP contribution in [0.4, 0.5) is 5.82 Å². The molecule has 0 aromatic carbocycles. The molecule has 0 amide bonds. The van der Waals surface area contributed by atoms with Crippen molar-refractivity contribution >= 4 is 5.82 Å². The van der Waals surface area contributed by atoms with E-state index in [0.717, 1.165) is 18.4 Å². The molecule has 0 bridgehead atoms. The summed E-state index contributed by atoms with van der Waals surface area (Å²) in [4.78, 5) is 6.96. The molecule has 0 saturated heterocycles. The molecule has 20 heavy (non-hydrogen) atoms. The van der Waals surface area contributed by atoms with Crippen LogP contribution in [-0.4, -0.2) is 35.3 Å². The van der Waals surface area contributed by atoms with Crippen LogP contribution in [0.2, 0.25) is 0 Å². The first-order valence-corrected chi connectivity index (χ1v) is 7.84. The number of aliphatic hydroxyl groups excluding tert-OH is 1. The van der Waals surface area contributed by atoms with Crippen molar-refractivity contribution in [3.8, 4) is 0 Å². The number of aromatic nitrogens is 1. The van der Waals surface area contributed by atoms with Crippen LogP contribution in [0, 0.1) is 6.92 Å². The van der Waals surface area contributed by atoms with Crippen LogP contribution < -0.4 is 10.2 Å². The highest BCUT2D eigenvalue weighted by Crippen LogP contribution is 2.30. The largest absolute Gasteiger partial charge is 0.395 e. The summed E-state index contributed by atoms with van der Waals surface area (Å²) < 4.78 is 0. The SMILES string of the molecule is Cc1cc(CNC2CC2)cnc1N(CCO)C1CCC1. The van der Waals surface area contributed by atoms with Gasteiger partial charge in [-0.05, 0) is 56.2 Å². The molecule has 3 rings (SSSR count). The van der Waals surface area contributed by atoms with Gasteiger partial charge in [-0.1, -0.05) is 0 Å². The molecule has 0 unspecified atom stereocenters. The van der Waals surface area contributed by atoms with Gasteiger partial charge in [0.2, 0.25) is 0 Å². The van der Waals surface area contributed by atoms with Crippen molar-refractivity contribution in [1.29, 1.82) is 0 Å². The zero-order valence-corrected chi connectivity index (χ0v) is 12.3. The standard InChI is InChI=1S/C16H25N3O/c1-12-9-13(10-17-14-5-6-14)11-18-16(12)19(7-8-20)15-3-2-4-15/h9,11,14-15,17,20H,2-8,10H2,1H3. The monoisotopic (exact) mass is 275 g/mol. The van der Waals surface area contributed by atoms with Crippen LogP contribution in [0.1, 0.15) is 43.2 Å². The van der Waals surface area contributed by atoms with Crippen LogP contribution in [0.15, 0.2) is 12.3 Å². The van der Waals surface area contributed by atoms with E-state index in [0.29, 0.717) is 12.6 Å². The van der Waals surface area contributed by atoms with Crippen molar-refractivity contribution in [2.75, 3.05) is 18.1 Å². The summed E-state index contributed by atoms with van der Waals surface area (Å²) in [5, 5.41) is 12.8. The van der Waals surface area contributed by atoms with Crippen LogP contribution in [0.5, 0.6) is 0 Å². The molecule has 0 spiro atoms. The van der Waals surface area contributed by atoms with Crippen molar-refractivity contribution in [2.24, 2.45) is 0 Å². The summed E-state index contributed by atoms with van der Waals surface area (Å²) >= 11 is 0. The van der Waals surface area contributed by atoms with Gasteiger partial charge in [-0.2, -0.15) is 0 Å². The number of hydrogen-bond donors (Lipinski definition) is 2. The zero-order valence-electron chi connectivity index (χ0n) is 12.3. The molecular formula is C16H25N3O. The van der Waals surface area contributed by atoms with E-state index < -0.39 is 0 Å². The molecule has 2 aliphatic rings. The molecule has 110 valence electrons. The Labute approximate surface area is 121 Å². The lowest BCUT2D eigenvalue weighted by molar-refractivity contribution is 0.283. The van der Waals surface area contributed by atoms with Crippen molar-refractivity contribution < 1.29 is 5.11 Å². The first-order valence-electron chi connectivity index (χ1n) is 7.84. The summed E-state index contributed by atoms with van der Waals surface area (Å²) in [6.45, 7) is 3.94. The van der Waals surface area contributed by atoms with E-state index in [2.05, 4.69) is 28.2 Å². The van der Waals surface area contributed by atoms with Gasteiger partial charge in [-0.15, -0.1) is 0 Å². The summed E-state index contributed by atoms with van der Waals surface area (Å²) in [6.07, 6.45) is 8.38. The second-order valence-corrected chi connectivity index (χ2v) is 6.14. The van der Waals surface area contributed by atoms with E-state index in [4.69, 9.17) is 0 Å². The first kappa shape index (κ1) is 13.8. The molecule has 2 fully saturated rings. The molecule has 2 N–H and O–H groups in total. The van der Waals surface area contributed by atoms with Crippen LogP contribution in [-0.2, 0) is 6.54 Å². The molecule has 2 aliphatic carbocycles. The molecule has 4 heteroatoms. The highest BCUT2D eigenvalue weighted by molar-refractivity contribution is 5.48. The number of nitrogens with one attached hydrogen (secondary N) is 1. The lowest BCUT2D eigenvalue weighted by Gasteiger charge is -2.38. The Bertz CT molecular complexity index is 455. The molecule has 0 radical (unpaired) electrons. The number of aryl methyl sites for hydroxylation is 1. The van der Waals surface area contributed by atoms with Gasteiger partial charge in [0, 0.05) is 31.4 Å². The first-order chi connectivity index (χ1) is 9.78. The molecule has 1 heterocycles. The van der Waals surface area contributed by atoms with E-state index in [1.54, 1.807) is 0 Å².